The molecule has 2 N–H and O–H groups in total. The minimum atomic E-state index is -0.546. The second-order valence-corrected chi connectivity index (χ2v) is 6.19. The van der Waals surface area contributed by atoms with E-state index in [4.69, 9.17) is 0 Å². The van der Waals surface area contributed by atoms with E-state index >= 15 is 0 Å². The number of anilines is 1. The number of aromatic nitrogens is 4. The van der Waals surface area contributed by atoms with Crippen LogP contribution in [-0.4, -0.2) is 29.7 Å². The van der Waals surface area contributed by atoms with Gasteiger partial charge in [0.15, 0.2) is 11.2 Å². The Labute approximate surface area is 158 Å². The van der Waals surface area contributed by atoms with Crippen LogP contribution in [0.2, 0.25) is 0 Å². The first-order valence-corrected chi connectivity index (χ1v) is 8.58. The number of aryl methyl sites for hydroxylation is 2. The molecule has 11 nitrogen and oxygen atoms in total. The molecular weight excluding hydrogens is 366 g/mol. The zero-order chi connectivity index (χ0) is 20.4. The second-order valence-electron chi connectivity index (χ2n) is 6.19. The number of nitro groups is 1. The van der Waals surface area contributed by atoms with Gasteiger partial charge in [0.05, 0.1) is 10.6 Å². The van der Waals surface area contributed by atoms with Crippen molar-refractivity contribution in [1.29, 1.82) is 0 Å². The summed E-state index contributed by atoms with van der Waals surface area (Å²) in [5.41, 5.74) is 3.59. The van der Waals surface area contributed by atoms with Crippen LogP contribution < -0.4 is 16.7 Å². The maximum atomic E-state index is 12.3. The number of nitrogens with zero attached hydrogens (tertiary/aromatic N) is 5. The van der Waals surface area contributed by atoms with Crippen LogP contribution in [0.1, 0.15) is 25.8 Å². The van der Waals surface area contributed by atoms with Crippen LogP contribution in [0.3, 0.4) is 0 Å². The molecule has 0 aliphatic rings. The molecule has 0 saturated heterocycles. The number of non-ortho nitro benzene ring substituents is 1. The number of nitrogens with one attached hydrogen (secondary N) is 2. The lowest BCUT2D eigenvalue weighted by molar-refractivity contribution is -0.384. The molecule has 0 spiro atoms. The fraction of sp³-hybridized carbons (Fsp3) is 0.294. The molecule has 0 unspecified atom stereocenters. The molecule has 0 aliphatic heterocycles. The fourth-order valence-electron chi connectivity index (χ4n) is 2.78. The van der Waals surface area contributed by atoms with Gasteiger partial charge in [0, 0.05) is 25.7 Å². The van der Waals surface area contributed by atoms with Gasteiger partial charge in [-0.2, -0.15) is 10.1 Å². The molecule has 0 bridgehead atoms. The van der Waals surface area contributed by atoms with E-state index in [-0.39, 0.29) is 16.9 Å². The Morgan fingerprint density at radius 2 is 2.00 bits per heavy atom. The highest BCUT2D eigenvalue weighted by Gasteiger charge is 2.16. The lowest BCUT2D eigenvalue weighted by Crippen LogP contribution is -2.29. The van der Waals surface area contributed by atoms with Gasteiger partial charge in [-0.1, -0.05) is 6.92 Å². The Hall–Kier alpha value is -3.76. The van der Waals surface area contributed by atoms with Gasteiger partial charge >= 0.3 is 5.69 Å². The Balaban J connectivity index is 2.00. The average molecular weight is 385 g/mol. The first-order chi connectivity index (χ1) is 13.3. The molecular formula is C17H19N7O4. The van der Waals surface area contributed by atoms with Crippen molar-refractivity contribution in [2.24, 2.45) is 12.1 Å². The van der Waals surface area contributed by atoms with Gasteiger partial charge in [-0.25, -0.2) is 10.2 Å². The minimum Gasteiger partial charge on any atom is -0.303 e. The molecule has 0 saturated carbocycles. The summed E-state index contributed by atoms with van der Waals surface area (Å²) in [6, 6.07) is 6.00. The molecule has 0 aliphatic carbocycles. The van der Waals surface area contributed by atoms with E-state index in [1.165, 1.54) is 23.7 Å². The van der Waals surface area contributed by atoms with E-state index in [1.54, 1.807) is 23.6 Å². The van der Waals surface area contributed by atoms with Crippen molar-refractivity contribution >= 4 is 28.5 Å². The molecule has 3 rings (SSSR count). The Morgan fingerprint density at radius 3 is 2.61 bits per heavy atom. The van der Waals surface area contributed by atoms with E-state index < -0.39 is 16.2 Å². The average Bonchev–Trinajstić information content (AvgIpc) is 3.03. The summed E-state index contributed by atoms with van der Waals surface area (Å²) in [7, 11) is 1.53. The number of fused-ring (bicyclic) bond motifs is 1. The molecule has 11 heteroatoms. The summed E-state index contributed by atoms with van der Waals surface area (Å²) in [4.78, 5) is 41.0. The fourth-order valence-corrected chi connectivity index (χ4v) is 2.78. The maximum Gasteiger partial charge on any atom is 0.329 e. The van der Waals surface area contributed by atoms with Crippen LogP contribution in [0.5, 0.6) is 0 Å². The number of aromatic amines is 1. The maximum absolute atomic E-state index is 12.3. The predicted molar refractivity (Wildman–Crippen MR) is 105 cm³/mol. The summed E-state index contributed by atoms with van der Waals surface area (Å²) >= 11 is 0. The normalized spacial score (nSPS) is 11.8. The molecule has 0 radical (unpaired) electrons. The predicted octanol–water partition coefficient (Wildman–Crippen LogP) is 1.58. The van der Waals surface area contributed by atoms with Gasteiger partial charge in [-0.05, 0) is 31.0 Å². The van der Waals surface area contributed by atoms with Crippen LogP contribution in [0.4, 0.5) is 11.6 Å². The first kappa shape index (κ1) is 19.0. The van der Waals surface area contributed by atoms with Crippen molar-refractivity contribution in [3.05, 3.63) is 60.8 Å². The quantitative estimate of drug-likeness (QED) is 0.375. The van der Waals surface area contributed by atoms with Crippen molar-refractivity contribution in [3.63, 3.8) is 0 Å². The van der Waals surface area contributed by atoms with Crippen LogP contribution in [0, 0.1) is 10.1 Å². The summed E-state index contributed by atoms with van der Waals surface area (Å²) < 4.78 is 2.93. The number of H-pyrrole nitrogens is 1. The van der Waals surface area contributed by atoms with Gasteiger partial charge in [0.2, 0.25) is 5.95 Å². The number of nitro benzene ring substituents is 1. The van der Waals surface area contributed by atoms with Crippen molar-refractivity contribution in [3.8, 4) is 0 Å². The van der Waals surface area contributed by atoms with Crippen LogP contribution >= 0.6 is 0 Å². The van der Waals surface area contributed by atoms with Crippen molar-refractivity contribution in [2.75, 3.05) is 5.43 Å². The highest BCUT2D eigenvalue weighted by atomic mass is 16.6. The summed E-state index contributed by atoms with van der Waals surface area (Å²) in [5, 5.41) is 15.0. The third-order valence-electron chi connectivity index (χ3n) is 4.27. The number of rotatable bonds is 6. The first-order valence-electron chi connectivity index (χ1n) is 8.58. The number of hydrazone groups is 1. The van der Waals surface area contributed by atoms with Crippen molar-refractivity contribution in [2.45, 2.75) is 26.8 Å². The zero-order valence-corrected chi connectivity index (χ0v) is 15.6. The van der Waals surface area contributed by atoms with Crippen LogP contribution in [0.15, 0.2) is 39.0 Å². The smallest absolute Gasteiger partial charge is 0.303 e. The topological polar surface area (TPSA) is 140 Å². The monoisotopic (exact) mass is 385 g/mol. The van der Waals surface area contributed by atoms with Crippen LogP contribution in [-0.2, 0) is 13.6 Å². The summed E-state index contributed by atoms with van der Waals surface area (Å²) in [5.74, 6) is 0.324. The molecule has 1 aromatic carbocycles. The van der Waals surface area contributed by atoms with Gasteiger partial charge in [-0.3, -0.25) is 24.5 Å². The van der Waals surface area contributed by atoms with E-state index in [9.17, 15) is 19.7 Å². The molecule has 0 amide bonds. The third kappa shape index (κ3) is 3.41. The Bertz CT molecular complexity index is 1190. The molecule has 2 aromatic heterocycles. The molecule has 0 atom stereocenters. The molecule has 146 valence electrons. The number of hydrogen-bond acceptors (Lipinski definition) is 7. The van der Waals surface area contributed by atoms with Gasteiger partial charge in [-0.15, -0.1) is 0 Å². The van der Waals surface area contributed by atoms with Gasteiger partial charge < -0.3 is 4.57 Å². The van der Waals surface area contributed by atoms with Gasteiger partial charge in [0.25, 0.3) is 11.2 Å². The molecule has 0 fully saturated rings. The van der Waals surface area contributed by atoms with Gasteiger partial charge in [0.1, 0.15) is 0 Å². The molecule has 3 aromatic rings. The Morgan fingerprint density at radius 1 is 1.32 bits per heavy atom. The molecule has 28 heavy (non-hydrogen) atoms. The number of hydrogen-bond donors (Lipinski definition) is 2. The summed E-state index contributed by atoms with van der Waals surface area (Å²) in [6.45, 7) is 4.20. The molecule has 2 heterocycles. The Kier molecular flexibility index (Phi) is 5.07. The lowest BCUT2D eigenvalue weighted by atomic mass is 10.1. The highest BCUT2D eigenvalue weighted by Crippen LogP contribution is 2.17. The van der Waals surface area contributed by atoms with E-state index in [0.717, 1.165) is 6.42 Å². The second kappa shape index (κ2) is 7.47. The van der Waals surface area contributed by atoms with E-state index in [2.05, 4.69) is 20.5 Å². The van der Waals surface area contributed by atoms with Crippen molar-refractivity contribution < 1.29 is 4.92 Å². The SMILES string of the molecule is CCCn1c(NN=C(C)c2ccc([N+](=O)[O-])cc2)nc2c1c(=O)[nH]c(=O)n2C. The standard InChI is InChI=1S/C17H19N7O4/c1-4-9-23-13-14(22(3)17(26)19-15(13)25)18-16(23)21-20-10(2)11-5-7-12(8-6-11)24(27)28/h5-8H,4,9H2,1-3H3,(H,18,21)(H,19,25,26). The summed E-state index contributed by atoms with van der Waals surface area (Å²) in [6.07, 6.45) is 0.744. The third-order valence-corrected chi connectivity index (χ3v) is 4.27. The minimum absolute atomic E-state index is 0.00519. The van der Waals surface area contributed by atoms with E-state index in [0.29, 0.717) is 23.8 Å². The number of imidazole rings is 1. The zero-order valence-electron chi connectivity index (χ0n) is 15.6. The largest absolute Gasteiger partial charge is 0.329 e. The van der Waals surface area contributed by atoms with Crippen molar-refractivity contribution in [1.82, 2.24) is 19.1 Å². The highest BCUT2D eigenvalue weighted by molar-refractivity contribution is 5.99. The lowest BCUT2D eigenvalue weighted by Gasteiger charge is -2.07. The van der Waals surface area contributed by atoms with E-state index in [1.807, 2.05) is 6.92 Å². The van der Waals surface area contributed by atoms with Crippen LogP contribution in [0.25, 0.3) is 11.2 Å². The number of benzene rings is 1.